The van der Waals surface area contributed by atoms with E-state index in [9.17, 15) is 17.6 Å². The Kier molecular flexibility index (Phi) is 5.26. The fourth-order valence-electron chi connectivity index (χ4n) is 1.50. The molecule has 0 saturated heterocycles. The largest absolute Gasteiger partial charge is 0.478 e. The Bertz CT molecular complexity index is 807. The van der Waals surface area contributed by atoms with Gasteiger partial charge < -0.3 is 4.74 Å². The Hall–Kier alpha value is -2.07. The third kappa shape index (κ3) is 4.23. The van der Waals surface area contributed by atoms with Crippen LogP contribution in [0.15, 0.2) is 28.6 Å². The first kappa shape index (κ1) is 17.3. The summed E-state index contributed by atoms with van der Waals surface area (Å²) in [4.78, 5) is 12.0. The number of nitrogens with zero attached hydrogens (tertiary/aromatic N) is 2. The van der Waals surface area contributed by atoms with E-state index in [1.807, 2.05) is 0 Å². The highest BCUT2D eigenvalue weighted by Crippen LogP contribution is 2.22. The molecule has 0 aliphatic rings. The number of hydrogen-bond donors (Lipinski definition) is 1. The first-order valence-corrected chi connectivity index (χ1v) is 9.08. The maximum atomic E-state index is 13.5. The number of carbonyl (C=O) groups is 1. The van der Waals surface area contributed by atoms with Gasteiger partial charge in [0.15, 0.2) is 17.7 Å². The minimum absolute atomic E-state index is 0.0333. The van der Waals surface area contributed by atoms with Crippen LogP contribution >= 0.6 is 11.3 Å². The molecule has 1 N–H and O–H groups in total. The number of ether oxygens (including phenoxy) is 1. The molecule has 1 amide bonds. The van der Waals surface area contributed by atoms with Gasteiger partial charge in [0.05, 0.1) is 5.75 Å². The van der Waals surface area contributed by atoms with Gasteiger partial charge in [0, 0.05) is 0 Å². The molecule has 0 bridgehead atoms. The fraction of sp³-hybridized carbons (Fsp3) is 0.308. The van der Waals surface area contributed by atoms with Crippen LogP contribution in [0.3, 0.4) is 0 Å². The molecule has 2 aromatic rings. The number of halogens is 1. The summed E-state index contributed by atoms with van der Waals surface area (Å²) < 4.78 is 41.8. The zero-order valence-corrected chi connectivity index (χ0v) is 13.9. The van der Waals surface area contributed by atoms with Crippen LogP contribution in [0, 0.1) is 5.82 Å². The SMILES string of the molecule is CCS(=O)(=O)c1nnc(NC(=O)[C@@H](C)Oc2ccccc2F)s1. The maximum absolute atomic E-state index is 13.5. The fourth-order valence-corrected chi connectivity index (χ4v) is 3.49. The molecule has 7 nitrogen and oxygen atoms in total. The molecule has 2 rings (SSSR count). The number of sulfone groups is 1. The second-order valence-corrected chi connectivity index (χ2v) is 7.89. The Morgan fingerprint density at radius 3 is 2.74 bits per heavy atom. The highest BCUT2D eigenvalue weighted by atomic mass is 32.2. The molecule has 0 spiro atoms. The molecule has 1 heterocycles. The van der Waals surface area contributed by atoms with Gasteiger partial charge in [-0.05, 0) is 19.1 Å². The molecule has 10 heteroatoms. The van der Waals surface area contributed by atoms with Crippen molar-refractivity contribution in [2.45, 2.75) is 24.3 Å². The van der Waals surface area contributed by atoms with Gasteiger partial charge in [-0.15, -0.1) is 10.2 Å². The van der Waals surface area contributed by atoms with E-state index in [0.717, 1.165) is 11.3 Å². The van der Waals surface area contributed by atoms with Crippen molar-refractivity contribution in [3.8, 4) is 5.75 Å². The van der Waals surface area contributed by atoms with Crippen LogP contribution in [0.4, 0.5) is 9.52 Å². The lowest BCUT2D eigenvalue weighted by atomic mass is 10.3. The van der Waals surface area contributed by atoms with E-state index in [1.165, 1.54) is 32.0 Å². The van der Waals surface area contributed by atoms with Crippen molar-refractivity contribution in [3.05, 3.63) is 30.1 Å². The highest BCUT2D eigenvalue weighted by Gasteiger charge is 2.21. The van der Waals surface area contributed by atoms with Gasteiger partial charge in [0.25, 0.3) is 5.91 Å². The monoisotopic (exact) mass is 359 g/mol. The third-order valence-electron chi connectivity index (χ3n) is 2.79. The van der Waals surface area contributed by atoms with E-state index < -0.39 is 27.7 Å². The van der Waals surface area contributed by atoms with Crippen LogP contribution < -0.4 is 10.1 Å². The molecular weight excluding hydrogens is 345 g/mol. The van der Waals surface area contributed by atoms with Crippen molar-refractivity contribution in [1.29, 1.82) is 0 Å². The minimum atomic E-state index is -3.47. The number of para-hydroxylation sites is 1. The van der Waals surface area contributed by atoms with Gasteiger partial charge in [0.2, 0.25) is 19.3 Å². The molecule has 1 aromatic carbocycles. The van der Waals surface area contributed by atoms with E-state index in [1.54, 1.807) is 6.07 Å². The average molecular weight is 359 g/mol. The summed E-state index contributed by atoms with van der Waals surface area (Å²) in [6.45, 7) is 2.92. The third-order valence-corrected chi connectivity index (χ3v) is 5.81. The Morgan fingerprint density at radius 1 is 1.39 bits per heavy atom. The van der Waals surface area contributed by atoms with E-state index >= 15 is 0 Å². The van der Waals surface area contributed by atoms with Crippen molar-refractivity contribution < 1.29 is 22.3 Å². The number of rotatable bonds is 6. The van der Waals surface area contributed by atoms with Crippen LogP contribution in [0.5, 0.6) is 5.75 Å². The smallest absolute Gasteiger partial charge is 0.266 e. The number of nitrogens with one attached hydrogen (secondary N) is 1. The summed E-state index contributed by atoms with van der Waals surface area (Å²) in [6.07, 6.45) is -0.998. The van der Waals surface area contributed by atoms with Gasteiger partial charge in [-0.1, -0.05) is 30.4 Å². The Labute approximate surface area is 136 Å². The van der Waals surface area contributed by atoms with Crippen LogP contribution in [0.2, 0.25) is 0 Å². The molecular formula is C13H14FN3O4S2. The first-order valence-electron chi connectivity index (χ1n) is 6.62. The molecule has 1 atom stereocenters. The molecule has 23 heavy (non-hydrogen) atoms. The van der Waals surface area contributed by atoms with Crippen LogP contribution in [-0.2, 0) is 14.6 Å². The summed E-state index contributed by atoms with van der Waals surface area (Å²) in [6, 6.07) is 5.70. The first-order chi connectivity index (χ1) is 10.8. The van der Waals surface area contributed by atoms with Gasteiger partial charge in [-0.2, -0.15) is 0 Å². The van der Waals surface area contributed by atoms with Crippen LogP contribution in [0.25, 0.3) is 0 Å². The van der Waals surface area contributed by atoms with Crippen LogP contribution in [0.1, 0.15) is 13.8 Å². The second kappa shape index (κ2) is 7.01. The highest BCUT2D eigenvalue weighted by molar-refractivity contribution is 7.93. The van der Waals surface area contributed by atoms with Crippen molar-refractivity contribution in [2.24, 2.45) is 0 Å². The molecule has 0 unspecified atom stereocenters. The normalized spacial score (nSPS) is 12.7. The molecule has 0 radical (unpaired) electrons. The summed E-state index contributed by atoms with van der Waals surface area (Å²) in [5, 5.41) is 9.56. The minimum Gasteiger partial charge on any atom is -0.478 e. The molecule has 0 saturated carbocycles. The van der Waals surface area contributed by atoms with E-state index in [4.69, 9.17) is 4.74 Å². The molecule has 0 aliphatic heterocycles. The van der Waals surface area contributed by atoms with Gasteiger partial charge in [-0.25, -0.2) is 12.8 Å². The maximum Gasteiger partial charge on any atom is 0.266 e. The van der Waals surface area contributed by atoms with Crippen molar-refractivity contribution >= 4 is 32.2 Å². The number of carbonyl (C=O) groups excluding carboxylic acids is 1. The van der Waals surface area contributed by atoms with Crippen LogP contribution in [-0.4, -0.2) is 36.4 Å². The quantitative estimate of drug-likeness (QED) is 0.791. The molecule has 1 aromatic heterocycles. The number of benzene rings is 1. The lowest BCUT2D eigenvalue weighted by Crippen LogP contribution is -2.30. The number of amides is 1. The summed E-state index contributed by atoms with van der Waals surface area (Å²) in [5.74, 6) is -1.34. The number of anilines is 1. The topological polar surface area (TPSA) is 98.3 Å². The Morgan fingerprint density at radius 2 is 2.09 bits per heavy atom. The lowest BCUT2D eigenvalue weighted by Gasteiger charge is -2.13. The molecule has 0 fully saturated rings. The predicted octanol–water partition coefficient (Wildman–Crippen LogP) is 1.88. The Balaban J connectivity index is 2.03. The van der Waals surface area contributed by atoms with Crippen molar-refractivity contribution in [2.75, 3.05) is 11.1 Å². The van der Waals surface area contributed by atoms with E-state index in [2.05, 4.69) is 15.5 Å². The zero-order chi connectivity index (χ0) is 17.0. The van der Waals surface area contributed by atoms with Crippen molar-refractivity contribution in [1.82, 2.24) is 10.2 Å². The van der Waals surface area contributed by atoms with Gasteiger partial charge >= 0.3 is 0 Å². The summed E-state index contributed by atoms with van der Waals surface area (Å²) >= 11 is 0.748. The predicted molar refractivity (Wildman–Crippen MR) is 82.8 cm³/mol. The lowest BCUT2D eigenvalue weighted by molar-refractivity contribution is -0.122. The molecule has 124 valence electrons. The second-order valence-electron chi connectivity index (χ2n) is 4.46. The van der Waals surface area contributed by atoms with Crippen molar-refractivity contribution in [3.63, 3.8) is 0 Å². The summed E-state index contributed by atoms with van der Waals surface area (Å²) in [7, 11) is -3.47. The van der Waals surface area contributed by atoms with E-state index in [0.29, 0.717) is 0 Å². The van der Waals surface area contributed by atoms with E-state index in [-0.39, 0.29) is 21.0 Å². The summed E-state index contributed by atoms with van der Waals surface area (Å²) in [5.41, 5.74) is 0. The number of hydrogen-bond acceptors (Lipinski definition) is 7. The van der Waals surface area contributed by atoms with Gasteiger partial charge in [0.1, 0.15) is 0 Å². The average Bonchev–Trinajstić information content (AvgIpc) is 2.98. The van der Waals surface area contributed by atoms with Gasteiger partial charge in [-0.3, -0.25) is 10.1 Å². The zero-order valence-electron chi connectivity index (χ0n) is 12.3. The molecule has 0 aliphatic carbocycles. The number of aromatic nitrogens is 2. The standard InChI is InChI=1S/C13H14FN3O4S2/c1-3-23(19,20)13-17-16-12(22-13)15-11(18)8(2)21-10-7-5-4-6-9(10)14/h4-8H,3H2,1-2H3,(H,15,16,18)/t8-/m1/s1.